The second kappa shape index (κ2) is 4.72. The van der Waals surface area contributed by atoms with Gasteiger partial charge in [0.25, 0.3) is 0 Å². The third kappa shape index (κ3) is 2.42. The molecule has 3 rings (SSSR count). The number of hydrogen-bond donors (Lipinski definition) is 2. The Bertz CT molecular complexity index is 637. The molecule has 2 aromatic rings. The Morgan fingerprint density at radius 3 is 3.05 bits per heavy atom. The summed E-state index contributed by atoms with van der Waals surface area (Å²) in [4.78, 5) is 16.2. The van der Waals surface area contributed by atoms with Crippen LogP contribution in [0, 0.1) is 0 Å². The molecule has 0 radical (unpaired) electrons. The van der Waals surface area contributed by atoms with E-state index in [4.69, 9.17) is 5.73 Å². The number of rotatable bonds is 3. The molecule has 96 valence electrons. The standard InChI is InChI=1S/C15H15N3O/c16-15-8-10(3-5-18-15)7-14(19)12-2-1-11-4-6-17-13(11)9-12/h1-3,5,8-9,17H,4,6-7H2,(H2,16,18). The number of carbonyl (C=O) groups excluding carboxylic acids is 1. The SMILES string of the molecule is Nc1cc(CC(=O)c2ccc3c(c2)NCC3)ccn1. The molecule has 0 amide bonds. The van der Waals surface area contributed by atoms with Crippen LogP contribution in [0.2, 0.25) is 0 Å². The molecule has 1 aromatic carbocycles. The van der Waals surface area contributed by atoms with Gasteiger partial charge >= 0.3 is 0 Å². The lowest BCUT2D eigenvalue weighted by molar-refractivity contribution is 0.0993. The van der Waals surface area contributed by atoms with E-state index in [2.05, 4.69) is 10.3 Å². The van der Waals surface area contributed by atoms with Crippen LogP contribution in [0.1, 0.15) is 21.5 Å². The van der Waals surface area contributed by atoms with Crippen LogP contribution in [0.25, 0.3) is 0 Å². The number of ketones is 1. The van der Waals surface area contributed by atoms with E-state index < -0.39 is 0 Å². The van der Waals surface area contributed by atoms with Crippen molar-refractivity contribution in [3.05, 3.63) is 53.2 Å². The zero-order valence-corrected chi connectivity index (χ0v) is 10.5. The molecule has 0 saturated heterocycles. The van der Waals surface area contributed by atoms with Gasteiger partial charge in [-0.3, -0.25) is 4.79 Å². The third-order valence-electron chi connectivity index (χ3n) is 3.35. The summed E-state index contributed by atoms with van der Waals surface area (Å²) in [7, 11) is 0. The molecule has 1 aliphatic heterocycles. The number of nitrogens with zero attached hydrogens (tertiary/aromatic N) is 1. The van der Waals surface area contributed by atoms with Gasteiger partial charge in [-0.25, -0.2) is 4.98 Å². The Morgan fingerprint density at radius 2 is 2.21 bits per heavy atom. The van der Waals surface area contributed by atoms with Crippen molar-refractivity contribution in [1.29, 1.82) is 0 Å². The first-order valence-electron chi connectivity index (χ1n) is 6.33. The van der Waals surface area contributed by atoms with Gasteiger partial charge in [-0.1, -0.05) is 12.1 Å². The Labute approximate surface area is 111 Å². The lowest BCUT2D eigenvalue weighted by atomic mass is 10.0. The fraction of sp³-hybridized carbons (Fsp3) is 0.200. The van der Waals surface area contributed by atoms with Crippen molar-refractivity contribution in [2.45, 2.75) is 12.8 Å². The Morgan fingerprint density at radius 1 is 1.32 bits per heavy atom. The van der Waals surface area contributed by atoms with E-state index in [-0.39, 0.29) is 5.78 Å². The zero-order chi connectivity index (χ0) is 13.2. The fourth-order valence-electron chi connectivity index (χ4n) is 2.36. The van der Waals surface area contributed by atoms with E-state index in [0.29, 0.717) is 12.2 Å². The molecule has 0 spiro atoms. The highest BCUT2D eigenvalue weighted by Crippen LogP contribution is 2.24. The van der Waals surface area contributed by atoms with Gasteiger partial charge in [-0.15, -0.1) is 0 Å². The van der Waals surface area contributed by atoms with E-state index in [9.17, 15) is 4.79 Å². The average Bonchev–Trinajstić information content (AvgIpc) is 2.85. The molecule has 19 heavy (non-hydrogen) atoms. The van der Waals surface area contributed by atoms with E-state index in [1.807, 2.05) is 24.3 Å². The monoisotopic (exact) mass is 253 g/mol. The van der Waals surface area contributed by atoms with Gasteiger partial charge in [0, 0.05) is 30.4 Å². The topological polar surface area (TPSA) is 68.0 Å². The highest BCUT2D eigenvalue weighted by atomic mass is 16.1. The molecule has 0 unspecified atom stereocenters. The molecule has 4 heteroatoms. The predicted octanol–water partition coefficient (Wildman–Crippen LogP) is 2.06. The smallest absolute Gasteiger partial charge is 0.167 e. The van der Waals surface area contributed by atoms with Gasteiger partial charge in [0.15, 0.2) is 5.78 Å². The minimum absolute atomic E-state index is 0.0992. The zero-order valence-electron chi connectivity index (χ0n) is 10.5. The van der Waals surface area contributed by atoms with Crippen LogP contribution < -0.4 is 11.1 Å². The van der Waals surface area contributed by atoms with Crippen LogP contribution in [0.15, 0.2) is 36.5 Å². The van der Waals surface area contributed by atoms with Gasteiger partial charge in [0.1, 0.15) is 5.82 Å². The minimum atomic E-state index is 0.0992. The molecule has 1 aromatic heterocycles. The number of fused-ring (bicyclic) bond motifs is 1. The number of nitrogens with two attached hydrogens (primary N) is 1. The van der Waals surface area contributed by atoms with Crippen molar-refractivity contribution >= 4 is 17.3 Å². The summed E-state index contributed by atoms with van der Waals surface area (Å²) in [6, 6.07) is 9.43. The lowest BCUT2D eigenvalue weighted by Crippen LogP contribution is -2.05. The molecule has 0 atom stereocenters. The normalized spacial score (nSPS) is 12.8. The summed E-state index contributed by atoms with van der Waals surface area (Å²) in [6.07, 6.45) is 3.01. The number of benzene rings is 1. The molecule has 2 heterocycles. The molecule has 0 fully saturated rings. The fourth-order valence-corrected chi connectivity index (χ4v) is 2.36. The van der Waals surface area contributed by atoms with Crippen molar-refractivity contribution < 1.29 is 4.79 Å². The van der Waals surface area contributed by atoms with Gasteiger partial charge in [-0.2, -0.15) is 0 Å². The summed E-state index contributed by atoms with van der Waals surface area (Å²) in [6.45, 7) is 0.952. The molecule has 3 N–H and O–H groups in total. The number of pyridine rings is 1. The first kappa shape index (κ1) is 11.7. The van der Waals surface area contributed by atoms with Gasteiger partial charge in [0.2, 0.25) is 0 Å². The van der Waals surface area contributed by atoms with Gasteiger partial charge < -0.3 is 11.1 Å². The minimum Gasteiger partial charge on any atom is -0.384 e. The molecule has 0 bridgehead atoms. The first-order chi connectivity index (χ1) is 9.22. The van der Waals surface area contributed by atoms with E-state index in [0.717, 1.165) is 29.8 Å². The molecule has 4 nitrogen and oxygen atoms in total. The summed E-state index contributed by atoms with van der Waals surface area (Å²) in [5, 5.41) is 3.29. The second-order valence-corrected chi connectivity index (χ2v) is 4.74. The van der Waals surface area contributed by atoms with E-state index in [1.54, 1.807) is 12.3 Å². The molecule has 1 aliphatic rings. The van der Waals surface area contributed by atoms with E-state index in [1.165, 1.54) is 5.56 Å². The number of anilines is 2. The maximum atomic E-state index is 12.2. The van der Waals surface area contributed by atoms with Gasteiger partial charge in [-0.05, 0) is 35.7 Å². The van der Waals surface area contributed by atoms with Crippen LogP contribution >= 0.6 is 0 Å². The van der Waals surface area contributed by atoms with Crippen molar-refractivity contribution in [1.82, 2.24) is 4.98 Å². The van der Waals surface area contributed by atoms with Crippen molar-refractivity contribution in [2.75, 3.05) is 17.6 Å². The number of nitrogen functional groups attached to an aromatic ring is 1. The molecular formula is C15H15N3O. The van der Waals surface area contributed by atoms with Crippen molar-refractivity contribution in [2.24, 2.45) is 0 Å². The highest BCUT2D eigenvalue weighted by Gasteiger charge is 2.13. The number of hydrogen-bond acceptors (Lipinski definition) is 4. The number of carbonyl (C=O) groups is 1. The summed E-state index contributed by atoms with van der Waals surface area (Å²) in [5.41, 5.74) is 9.61. The summed E-state index contributed by atoms with van der Waals surface area (Å²) >= 11 is 0. The van der Waals surface area contributed by atoms with Crippen LogP contribution in [-0.2, 0) is 12.8 Å². The Balaban J connectivity index is 1.81. The van der Waals surface area contributed by atoms with Crippen molar-refractivity contribution in [3.8, 4) is 0 Å². The Hall–Kier alpha value is -2.36. The lowest BCUT2D eigenvalue weighted by Gasteiger charge is -2.05. The highest BCUT2D eigenvalue weighted by molar-refractivity contribution is 5.98. The van der Waals surface area contributed by atoms with Crippen LogP contribution in [0.5, 0.6) is 0 Å². The largest absolute Gasteiger partial charge is 0.384 e. The third-order valence-corrected chi connectivity index (χ3v) is 3.35. The van der Waals surface area contributed by atoms with Crippen LogP contribution in [-0.4, -0.2) is 17.3 Å². The van der Waals surface area contributed by atoms with Crippen molar-refractivity contribution in [3.63, 3.8) is 0 Å². The summed E-state index contributed by atoms with van der Waals surface area (Å²) < 4.78 is 0. The molecular weight excluding hydrogens is 238 g/mol. The maximum Gasteiger partial charge on any atom is 0.167 e. The number of nitrogens with one attached hydrogen (secondary N) is 1. The Kier molecular flexibility index (Phi) is 2.91. The number of aromatic nitrogens is 1. The second-order valence-electron chi connectivity index (χ2n) is 4.74. The maximum absolute atomic E-state index is 12.2. The predicted molar refractivity (Wildman–Crippen MR) is 75.3 cm³/mol. The number of Topliss-reactive ketones (excluding diaryl/α,β-unsaturated/α-hetero) is 1. The van der Waals surface area contributed by atoms with Gasteiger partial charge in [0.05, 0.1) is 0 Å². The quantitative estimate of drug-likeness (QED) is 0.821. The molecule has 0 saturated carbocycles. The average molecular weight is 253 g/mol. The summed E-state index contributed by atoms with van der Waals surface area (Å²) in [5.74, 6) is 0.544. The van der Waals surface area contributed by atoms with E-state index >= 15 is 0 Å². The van der Waals surface area contributed by atoms with Crippen LogP contribution in [0.3, 0.4) is 0 Å². The van der Waals surface area contributed by atoms with Crippen LogP contribution in [0.4, 0.5) is 11.5 Å². The molecule has 0 aliphatic carbocycles. The first-order valence-corrected chi connectivity index (χ1v) is 6.33.